The van der Waals surface area contributed by atoms with Gasteiger partial charge < -0.3 is 4.42 Å². The number of ketones is 1. The van der Waals surface area contributed by atoms with Gasteiger partial charge in [-0.3, -0.25) is 4.79 Å². The first-order valence-corrected chi connectivity index (χ1v) is 7.29. The molecule has 0 amide bonds. The van der Waals surface area contributed by atoms with Crippen molar-refractivity contribution in [1.29, 1.82) is 0 Å². The Kier molecular flexibility index (Phi) is 3.38. The second-order valence-corrected chi connectivity index (χ2v) is 5.56. The molecule has 0 bridgehead atoms. The van der Waals surface area contributed by atoms with E-state index in [1.165, 1.54) is 29.3 Å². The number of carbonyl (C=O) groups is 1. The Balaban J connectivity index is 1.67. The van der Waals surface area contributed by atoms with Gasteiger partial charge in [0.1, 0.15) is 0 Å². The second-order valence-electron chi connectivity index (χ2n) is 4.64. The first kappa shape index (κ1) is 12.4. The van der Waals surface area contributed by atoms with Crippen LogP contribution >= 0.6 is 11.8 Å². The van der Waals surface area contributed by atoms with Gasteiger partial charge in [0.2, 0.25) is 5.89 Å². The van der Waals surface area contributed by atoms with E-state index in [1.807, 2.05) is 12.1 Å². The molecule has 1 aliphatic carbocycles. The van der Waals surface area contributed by atoms with Crippen LogP contribution in [0, 0.1) is 6.92 Å². The number of fused-ring (bicyclic) bond motifs is 1. The fourth-order valence-electron chi connectivity index (χ4n) is 2.29. The largest absolute Gasteiger partial charge is 0.416 e. The van der Waals surface area contributed by atoms with Crippen molar-refractivity contribution < 1.29 is 9.21 Å². The summed E-state index contributed by atoms with van der Waals surface area (Å²) in [5.41, 5.74) is 3.49. The van der Waals surface area contributed by atoms with Gasteiger partial charge in [-0.25, -0.2) is 0 Å². The Hall–Kier alpha value is -1.62. The SMILES string of the molecule is Cc1nnc(SCC(=O)c2ccc3c(c2)CCC3)o1. The number of rotatable bonds is 4. The highest BCUT2D eigenvalue weighted by Crippen LogP contribution is 2.24. The lowest BCUT2D eigenvalue weighted by Gasteiger charge is -2.03. The van der Waals surface area contributed by atoms with E-state index in [-0.39, 0.29) is 5.78 Å². The van der Waals surface area contributed by atoms with E-state index in [2.05, 4.69) is 16.3 Å². The van der Waals surface area contributed by atoms with E-state index in [1.54, 1.807) is 6.92 Å². The summed E-state index contributed by atoms with van der Waals surface area (Å²) in [6.07, 6.45) is 3.43. The molecule has 1 aromatic carbocycles. The van der Waals surface area contributed by atoms with E-state index in [0.29, 0.717) is 16.9 Å². The zero-order valence-electron chi connectivity index (χ0n) is 10.7. The van der Waals surface area contributed by atoms with Crippen molar-refractivity contribution in [2.75, 3.05) is 5.75 Å². The van der Waals surface area contributed by atoms with Crippen molar-refractivity contribution in [2.24, 2.45) is 0 Å². The minimum absolute atomic E-state index is 0.107. The fourth-order valence-corrected chi connectivity index (χ4v) is 2.99. The molecule has 0 N–H and O–H groups in total. The number of aromatic nitrogens is 2. The van der Waals surface area contributed by atoms with Gasteiger partial charge in [0, 0.05) is 12.5 Å². The maximum absolute atomic E-state index is 12.1. The second kappa shape index (κ2) is 5.17. The molecule has 4 nitrogen and oxygen atoms in total. The van der Waals surface area contributed by atoms with Crippen LogP contribution in [0.1, 0.15) is 33.8 Å². The van der Waals surface area contributed by atoms with Crippen molar-refractivity contribution in [3.63, 3.8) is 0 Å². The van der Waals surface area contributed by atoms with Crippen LogP contribution in [0.4, 0.5) is 0 Å². The summed E-state index contributed by atoms with van der Waals surface area (Å²) < 4.78 is 5.23. The van der Waals surface area contributed by atoms with Crippen molar-refractivity contribution >= 4 is 17.5 Å². The summed E-state index contributed by atoms with van der Waals surface area (Å²) in [6, 6.07) is 6.04. The van der Waals surface area contributed by atoms with Crippen molar-refractivity contribution in [3.8, 4) is 0 Å². The molecule has 0 spiro atoms. The zero-order valence-corrected chi connectivity index (χ0v) is 11.5. The Labute approximate surface area is 115 Å². The number of hydrogen-bond donors (Lipinski definition) is 0. The quantitative estimate of drug-likeness (QED) is 0.634. The lowest BCUT2D eigenvalue weighted by atomic mass is 10.0. The van der Waals surface area contributed by atoms with E-state index in [9.17, 15) is 4.79 Å². The number of carbonyl (C=O) groups excluding carboxylic acids is 1. The third kappa shape index (κ3) is 2.71. The molecule has 0 unspecified atom stereocenters. The van der Waals surface area contributed by atoms with Crippen molar-refractivity contribution in [3.05, 3.63) is 40.8 Å². The number of hydrogen-bond acceptors (Lipinski definition) is 5. The van der Waals surface area contributed by atoms with Gasteiger partial charge in [0.15, 0.2) is 5.78 Å². The van der Waals surface area contributed by atoms with Crippen LogP contribution in [0.15, 0.2) is 27.8 Å². The third-order valence-corrected chi connectivity index (χ3v) is 4.07. The summed E-state index contributed by atoms with van der Waals surface area (Å²) >= 11 is 1.29. The number of thioether (sulfide) groups is 1. The first-order chi connectivity index (χ1) is 9.22. The number of nitrogens with zero attached hydrogens (tertiary/aromatic N) is 2. The van der Waals surface area contributed by atoms with Crippen LogP contribution < -0.4 is 0 Å². The van der Waals surface area contributed by atoms with Crippen molar-refractivity contribution in [2.45, 2.75) is 31.4 Å². The normalized spacial score (nSPS) is 13.5. The molecule has 0 radical (unpaired) electrons. The summed E-state index contributed by atoms with van der Waals surface area (Å²) in [5.74, 6) is 0.962. The predicted molar refractivity (Wildman–Crippen MR) is 72.6 cm³/mol. The van der Waals surface area contributed by atoms with Gasteiger partial charge >= 0.3 is 0 Å². The van der Waals surface area contributed by atoms with Gasteiger partial charge in [-0.05, 0) is 36.5 Å². The monoisotopic (exact) mass is 274 g/mol. The predicted octanol–water partition coefficient (Wildman–Crippen LogP) is 2.84. The molecule has 0 atom stereocenters. The van der Waals surface area contributed by atoms with E-state index >= 15 is 0 Å². The van der Waals surface area contributed by atoms with Crippen LogP contribution in [0.3, 0.4) is 0 Å². The molecular weight excluding hydrogens is 260 g/mol. The van der Waals surface area contributed by atoms with Gasteiger partial charge in [-0.15, -0.1) is 10.2 Å². The van der Waals surface area contributed by atoms with E-state index in [0.717, 1.165) is 18.4 Å². The smallest absolute Gasteiger partial charge is 0.277 e. The van der Waals surface area contributed by atoms with E-state index < -0.39 is 0 Å². The van der Waals surface area contributed by atoms with Gasteiger partial charge in [-0.1, -0.05) is 23.9 Å². The fraction of sp³-hybridized carbons (Fsp3) is 0.357. The minimum atomic E-state index is 0.107. The molecule has 2 aromatic rings. The van der Waals surface area contributed by atoms with Crippen LogP contribution in [0.2, 0.25) is 0 Å². The molecule has 1 aromatic heterocycles. The summed E-state index contributed by atoms with van der Waals surface area (Å²) in [6.45, 7) is 1.74. The van der Waals surface area contributed by atoms with E-state index in [4.69, 9.17) is 4.42 Å². The van der Waals surface area contributed by atoms with Gasteiger partial charge in [-0.2, -0.15) is 0 Å². The van der Waals surface area contributed by atoms with Crippen LogP contribution in [-0.4, -0.2) is 21.7 Å². The average Bonchev–Trinajstić information content (AvgIpc) is 3.03. The molecule has 1 heterocycles. The minimum Gasteiger partial charge on any atom is -0.416 e. The summed E-state index contributed by atoms with van der Waals surface area (Å²) in [7, 11) is 0. The first-order valence-electron chi connectivity index (χ1n) is 6.30. The Morgan fingerprint density at radius 3 is 2.95 bits per heavy atom. The van der Waals surface area contributed by atoms with Crippen LogP contribution in [0.5, 0.6) is 0 Å². The Morgan fingerprint density at radius 1 is 1.32 bits per heavy atom. The highest BCUT2D eigenvalue weighted by Gasteiger charge is 2.15. The standard InChI is InChI=1S/C14H14N2O2S/c1-9-15-16-14(18-9)19-8-13(17)12-6-5-10-3-2-4-11(10)7-12/h5-7H,2-4,8H2,1H3. The molecule has 0 fully saturated rings. The molecule has 0 aliphatic heterocycles. The highest BCUT2D eigenvalue weighted by atomic mass is 32.2. The third-order valence-electron chi connectivity index (χ3n) is 3.25. The summed E-state index contributed by atoms with van der Waals surface area (Å²) in [4.78, 5) is 12.1. The Bertz CT molecular complexity index is 622. The molecule has 98 valence electrons. The lowest BCUT2D eigenvalue weighted by Crippen LogP contribution is -2.03. The molecule has 0 saturated heterocycles. The maximum Gasteiger partial charge on any atom is 0.277 e. The van der Waals surface area contributed by atoms with Gasteiger partial charge in [0.05, 0.1) is 5.75 Å². The molecule has 19 heavy (non-hydrogen) atoms. The van der Waals surface area contributed by atoms with Crippen LogP contribution in [0.25, 0.3) is 0 Å². The average molecular weight is 274 g/mol. The topological polar surface area (TPSA) is 56.0 Å². The van der Waals surface area contributed by atoms with Crippen molar-refractivity contribution in [1.82, 2.24) is 10.2 Å². The molecule has 3 rings (SSSR count). The van der Waals surface area contributed by atoms with Crippen LogP contribution in [-0.2, 0) is 12.8 Å². The molecular formula is C14H14N2O2S. The maximum atomic E-state index is 12.1. The zero-order chi connectivity index (χ0) is 13.2. The highest BCUT2D eigenvalue weighted by molar-refractivity contribution is 7.99. The Morgan fingerprint density at radius 2 is 2.16 bits per heavy atom. The molecule has 1 aliphatic rings. The lowest BCUT2D eigenvalue weighted by molar-refractivity contribution is 0.102. The number of aryl methyl sites for hydroxylation is 3. The number of benzene rings is 1. The van der Waals surface area contributed by atoms with Gasteiger partial charge in [0.25, 0.3) is 5.22 Å². The summed E-state index contributed by atoms with van der Waals surface area (Å²) in [5, 5.41) is 8.05. The number of Topliss-reactive ketones (excluding diaryl/α,β-unsaturated/α-hetero) is 1. The molecule has 5 heteroatoms. The molecule has 0 saturated carbocycles.